The van der Waals surface area contributed by atoms with Crippen molar-refractivity contribution in [1.29, 1.82) is 0 Å². The molecular weight excluding hydrogens is 355 g/mol. The molecule has 0 unspecified atom stereocenters. The summed E-state index contributed by atoms with van der Waals surface area (Å²) in [5, 5.41) is 2.78. The zero-order chi connectivity index (χ0) is 19.0. The van der Waals surface area contributed by atoms with Crippen molar-refractivity contribution in [2.24, 2.45) is 0 Å². The normalized spacial score (nSPS) is 11.3. The summed E-state index contributed by atoms with van der Waals surface area (Å²) in [5.74, 6) is -0.542. The monoisotopic (exact) mass is 378 g/mol. The SMILES string of the molecule is CCCCNC(=O)c1ccc(S(=O)(=O)NCCc2ccc(F)cc2)cc1. The molecule has 2 aromatic carbocycles. The van der Waals surface area contributed by atoms with Gasteiger partial charge in [0.25, 0.3) is 5.91 Å². The first-order chi connectivity index (χ1) is 12.4. The Labute approximate surface area is 153 Å². The first-order valence-corrected chi connectivity index (χ1v) is 10.0. The highest BCUT2D eigenvalue weighted by molar-refractivity contribution is 7.89. The van der Waals surface area contributed by atoms with E-state index in [1.807, 2.05) is 6.92 Å². The number of sulfonamides is 1. The molecule has 140 valence electrons. The number of carbonyl (C=O) groups excluding carboxylic acids is 1. The van der Waals surface area contributed by atoms with Gasteiger partial charge in [-0.2, -0.15) is 0 Å². The summed E-state index contributed by atoms with van der Waals surface area (Å²) in [6.45, 7) is 2.84. The number of halogens is 1. The predicted octanol–water partition coefficient (Wildman–Crippen LogP) is 2.88. The van der Waals surface area contributed by atoms with E-state index in [1.54, 1.807) is 12.1 Å². The van der Waals surface area contributed by atoms with Crippen molar-refractivity contribution in [3.63, 3.8) is 0 Å². The van der Waals surface area contributed by atoms with Crippen LogP contribution in [0.1, 0.15) is 35.7 Å². The van der Waals surface area contributed by atoms with Gasteiger partial charge < -0.3 is 5.32 Å². The zero-order valence-electron chi connectivity index (χ0n) is 14.7. The van der Waals surface area contributed by atoms with Gasteiger partial charge in [-0.1, -0.05) is 25.5 Å². The fraction of sp³-hybridized carbons (Fsp3) is 0.316. The first kappa shape index (κ1) is 20.1. The molecule has 2 rings (SSSR count). The molecule has 0 saturated carbocycles. The van der Waals surface area contributed by atoms with Gasteiger partial charge in [-0.15, -0.1) is 0 Å². The molecule has 2 aromatic rings. The van der Waals surface area contributed by atoms with Crippen LogP contribution in [0.15, 0.2) is 53.4 Å². The fourth-order valence-corrected chi connectivity index (χ4v) is 3.36. The fourth-order valence-electron chi connectivity index (χ4n) is 2.33. The van der Waals surface area contributed by atoms with Crippen LogP contribution in [0.2, 0.25) is 0 Å². The first-order valence-electron chi connectivity index (χ1n) is 8.55. The van der Waals surface area contributed by atoms with Crippen LogP contribution in [0.25, 0.3) is 0 Å². The maximum atomic E-state index is 12.9. The van der Waals surface area contributed by atoms with Gasteiger partial charge >= 0.3 is 0 Å². The van der Waals surface area contributed by atoms with Gasteiger partial charge in [-0.05, 0) is 54.8 Å². The molecule has 0 aliphatic carbocycles. The molecule has 26 heavy (non-hydrogen) atoms. The summed E-state index contributed by atoms with van der Waals surface area (Å²) in [6, 6.07) is 11.7. The molecule has 0 spiro atoms. The maximum absolute atomic E-state index is 12.9. The van der Waals surface area contributed by atoms with E-state index >= 15 is 0 Å². The van der Waals surface area contributed by atoms with Crippen LogP contribution in [0, 0.1) is 5.82 Å². The number of rotatable bonds is 9. The van der Waals surface area contributed by atoms with E-state index in [1.165, 1.54) is 36.4 Å². The maximum Gasteiger partial charge on any atom is 0.251 e. The molecule has 0 heterocycles. The molecule has 0 bridgehead atoms. The van der Waals surface area contributed by atoms with Crippen molar-refractivity contribution in [3.05, 3.63) is 65.5 Å². The van der Waals surface area contributed by atoms with Crippen LogP contribution >= 0.6 is 0 Å². The number of hydrogen-bond donors (Lipinski definition) is 2. The Kier molecular flexibility index (Phi) is 7.29. The molecule has 0 atom stereocenters. The summed E-state index contributed by atoms with van der Waals surface area (Å²) < 4.78 is 40.0. The molecule has 0 saturated heterocycles. The molecule has 0 aromatic heterocycles. The molecule has 7 heteroatoms. The van der Waals surface area contributed by atoms with Crippen molar-refractivity contribution in [2.75, 3.05) is 13.1 Å². The number of carbonyl (C=O) groups is 1. The lowest BCUT2D eigenvalue weighted by molar-refractivity contribution is 0.0953. The topological polar surface area (TPSA) is 75.3 Å². The average molecular weight is 378 g/mol. The molecular formula is C19H23FN2O3S. The van der Waals surface area contributed by atoms with Gasteiger partial charge in [0.1, 0.15) is 5.82 Å². The minimum absolute atomic E-state index is 0.0988. The van der Waals surface area contributed by atoms with Gasteiger partial charge in [0.05, 0.1) is 4.90 Å². The number of benzene rings is 2. The molecule has 1 amide bonds. The smallest absolute Gasteiger partial charge is 0.251 e. The van der Waals surface area contributed by atoms with Crippen LogP contribution in [0.3, 0.4) is 0 Å². The second kappa shape index (κ2) is 9.45. The van der Waals surface area contributed by atoms with Crippen molar-refractivity contribution in [3.8, 4) is 0 Å². The Hall–Kier alpha value is -2.25. The van der Waals surface area contributed by atoms with Crippen LogP contribution in [-0.2, 0) is 16.4 Å². The lowest BCUT2D eigenvalue weighted by Gasteiger charge is -2.08. The third-order valence-electron chi connectivity index (χ3n) is 3.86. The van der Waals surface area contributed by atoms with Gasteiger partial charge in [0.15, 0.2) is 0 Å². The van der Waals surface area contributed by atoms with Gasteiger partial charge in [-0.3, -0.25) is 4.79 Å². The Morgan fingerprint density at radius 3 is 2.27 bits per heavy atom. The van der Waals surface area contributed by atoms with Crippen molar-refractivity contribution in [1.82, 2.24) is 10.0 Å². The standard InChI is InChI=1S/C19H23FN2O3S/c1-2-3-13-21-19(23)16-6-10-18(11-7-16)26(24,25)22-14-12-15-4-8-17(20)9-5-15/h4-11,22H,2-3,12-14H2,1H3,(H,21,23). The molecule has 0 aliphatic heterocycles. The Morgan fingerprint density at radius 2 is 1.65 bits per heavy atom. The van der Waals surface area contributed by atoms with E-state index in [-0.39, 0.29) is 23.2 Å². The zero-order valence-corrected chi connectivity index (χ0v) is 15.5. The number of amides is 1. The van der Waals surface area contributed by atoms with Crippen molar-refractivity contribution < 1.29 is 17.6 Å². The Balaban J connectivity index is 1.91. The molecule has 2 N–H and O–H groups in total. The van der Waals surface area contributed by atoms with Crippen LogP contribution < -0.4 is 10.0 Å². The van der Waals surface area contributed by atoms with Crippen molar-refractivity contribution in [2.45, 2.75) is 31.1 Å². The Bertz CT molecular complexity index is 819. The second-order valence-electron chi connectivity index (χ2n) is 5.91. The van der Waals surface area contributed by atoms with E-state index in [0.717, 1.165) is 18.4 Å². The molecule has 0 aliphatic rings. The highest BCUT2D eigenvalue weighted by atomic mass is 32.2. The number of unbranched alkanes of at least 4 members (excludes halogenated alkanes) is 1. The largest absolute Gasteiger partial charge is 0.352 e. The summed E-state index contributed by atoms with van der Waals surface area (Å²) in [4.78, 5) is 12.0. The highest BCUT2D eigenvalue weighted by Gasteiger charge is 2.14. The molecule has 0 fully saturated rings. The number of hydrogen-bond acceptors (Lipinski definition) is 3. The van der Waals surface area contributed by atoms with E-state index < -0.39 is 10.0 Å². The summed E-state index contributed by atoms with van der Waals surface area (Å²) in [6.07, 6.45) is 2.34. The van der Waals surface area contributed by atoms with E-state index in [0.29, 0.717) is 18.5 Å². The van der Waals surface area contributed by atoms with Crippen molar-refractivity contribution >= 4 is 15.9 Å². The minimum Gasteiger partial charge on any atom is -0.352 e. The third kappa shape index (κ3) is 5.93. The van der Waals surface area contributed by atoms with Crippen LogP contribution in [0.5, 0.6) is 0 Å². The van der Waals surface area contributed by atoms with Gasteiger partial charge in [0.2, 0.25) is 10.0 Å². The molecule has 0 radical (unpaired) electrons. The summed E-state index contributed by atoms with van der Waals surface area (Å²) >= 11 is 0. The van der Waals surface area contributed by atoms with Gasteiger partial charge in [0, 0.05) is 18.7 Å². The molecule has 5 nitrogen and oxygen atoms in total. The average Bonchev–Trinajstić information content (AvgIpc) is 2.63. The Morgan fingerprint density at radius 1 is 1.00 bits per heavy atom. The van der Waals surface area contributed by atoms with Crippen LogP contribution in [-0.4, -0.2) is 27.4 Å². The van der Waals surface area contributed by atoms with E-state index in [4.69, 9.17) is 0 Å². The van der Waals surface area contributed by atoms with Gasteiger partial charge in [-0.25, -0.2) is 17.5 Å². The van der Waals surface area contributed by atoms with E-state index in [9.17, 15) is 17.6 Å². The van der Waals surface area contributed by atoms with E-state index in [2.05, 4.69) is 10.0 Å². The highest BCUT2D eigenvalue weighted by Crippen LogP contribution is 2.11. The third-order valence-corrected chi connectivity index (χ3v) is 5.34. The minimum atomic E-state index is -3.66. The summed E-state index contributed by atoms with van der Waals surface area (Å²) in [7, 11) is -3.66. The predicted molar refractivity (Wildman–Crippen MR) is 99.0 cm³/mol. The lowest BCUT2D eigenvalue weighted by Crippen LogP contribution is -2.26. The quantitative estimate of drug-likeness (QED) is 0.659. The summed E-state index contributed by atoms with van der Waals surface area (Å²) in [5.41, 5.74) is 1.26. The lowest BCUT2D eigenvalue weighted by atomic mass is 10.1. The number of nitrogens with one attached hydrogen (secondary N) is 2. The second-order valence-corrected chi connectivity index (χ2v) is 7.68. The van der Waals surface area contributed by atoms with Crippen LogP contribution in [0.4, 0.5) is 4.39 Å².